The number of imidazole rings is 1. The highest BCUT2D eigenvalue weighted by molar-refractivity contribution is 8.00. The van der Waals surface area contributed by atoms with Crippen LogP contribution in [0.5, 0.6) is 0 Å². The molecule has 1 N–H and O–H groups in total. The molecule has 0 amide bonds. The van der Waals surface area contributed by atoms with Crippen molar-refractivity contribution in [3.8, 4) is 0 Å². The second-order valence-corrected chi connectivity index (χ2v) is 3.43. The number of aromatic amines is 1. The average Bonchev–Trinajstić information content (AvgIpc) is 2.11. The third-order valence-electron chi connectivity index (χ3n) is 1.52. The van der Waals surface area contributed by atoms with Crippen LogP contribution in [-0.2, 0) is 0 Å². The van der Waals surface area contributed by atoms with Gasteiger partial charge in [-0.15, -0.1) is 0 Å². The maximum absolute atomic E-state index is 4.16. The Morgan fingerprint density at radius 2 is 2.67 bits per heavy atom. The second-order valence-electron chi connectivity index (χ2n) is 2.12. The summed E-state index contributed by atoms with van der Waals surface area (Å²) in [6.07, 6.45) is 4.99. The van der Waals surface area contributed by atoms with E-state index >= 15 is 0 Å². The van der Waals surface area contributed by atoms with Crippen LogP contribution in [0, 0.1) is 0 Å². The summed E-state index contributed by atoms with van der Waals surface area (Å²) in [5.74, 6) is 2.44. The topological polar surface area (TPSA) is 28.7 Å². The normalized spacial score (nSPS) is 25.6. The first kappa shape index (κ1) is 5.35. The molecular formula is C6H8N2S. The van der Waals surface area contributed by atoms with Crippen LogP contribution in [0.15, 0.2) is 12.4 Å². The number of hydrogen-bond donors (Lipinski definition) is 1. The molecule has 0 aliphatic carbocycles. The van der Waals surface area contributed by atoms with Gasteiger partial charge in [0.1, 0.15) is 5.82 Å². The molecule has 1 saturated heterocycles. The third kappa shape index (κ3) is 0.852. The summed E-state index contributed by atoms with van der Waals surface area (Å²) < 4.78 is 0. The molecule has 2 nitrogen and oxygen atoms in total. The van der Waals surface area contributed by atoms with E-state index in [9.17, 15) is 0 Å². The van der Waals surface area contributed by atoms with E-state index < -0.39 is 0 Å². The lowest BCUT2D eigenvalue weighted by molar-refractivity contribution is 0.795. The van der Waals surface area contributed by atoms with Crippen LogP contribution in [0.2, 0.25) is 0 Å². The minimum absolute atomic E-state index is 0.667. The first-order valence-electron chi connectivity index (χ1n) is 3.08. The molecule has 0 aromatic carbocycles. The number of thioether (sulfide) groups is 1. The summed E-state index contributed by atoms with van der Waals surface area (Å²) in [4.78, 5) is 7.27. The number of rotatable bonds is 1. The van der Waals surface area contributed by atoms with Crippen molar-refractivity contribution >= 4 is 11.8 Å². The van der Waals surface area contributed by atoms with Crippen LogP contribution in [0.3, 0.4) is 0 Å². The van der Waals surface area contributed by atoms with E-state index in [1.54, 1.807) is 0 Å². The molecule has 1 aromatic heterocycles. The Labute approximate surface area is 58.1 Å². The number of hydrogen-bond acceptors (Lipinski definition) is 2. The molecule has 48 valence electrons. The Morgan fingerprint density at radius 1 is 1.78 bits per heavy atom. The molecule has 0 bridgehead atoms. The quantitative estimate of drug-likeness (QED) is 0.641. The molecule has 9 heavy (non-hydrogen) atoms. The summed E-state index contributed by atoms with van der Waals surface area (Å²) in [6.45, 7) is 0. The lowest BCUT2D eigenvalue weighted by Gasteiger charge is -2.22. The largest absolute Gasteiger partial charge is 0.348 e. The van der Waals surface area contributed by atoms with Crippen molar-refractivity contribution in [1.82, 2.24) is 9.97 Å². The van der Waals surface area contributed by atoms with Crippen molar-refractivity contribution in [2.75, 3.05) is 5.75 Å². The molecule has 1 aromatic rings. The number of H-pyrrole nitrogens is 1. The molecule has 3 heteroatoms. The summed E-state index contributed by atoms with van der Waals surface area (Å²) >= 11 is 1.97. The summed E-state index contributed by atoms with van der Waals surface area (Å²) in [5, 5.41) is 0.667. The maximum atomic E-state index is 4.16. The molecule has 1 atom stereocenters. The van der Waals surface area contributed by atoms with E-state index in [0.717, 1.165) is 5.82 Å². The molecule has 0 spiro atoms. The van der Waals surface area contributed by atoms with E-state index in [2.05, 4.69) is 9.97 Å². The maximum Gasteiger partial charge on any atom is 0.119 e. The molecule has 2 rings (SSSR count). The zero-order chi connectivity index (χ0) is 6.10. The Hall–Kier alpha value is -0.440. The highest BCUT2D eigenvalue weighted by atomic mass is 32.2. The second kappa shape index (κ2) is 2.06. The molecular weight excluding hydrogens is 132 g/mol. The molecule has 2 heterocycles. The predicted octanol–water partition coefficient (Wildman–Crippen LogP) is 1.59. The Bertz CT molecular complexity index is 179. The van der Waals surface area contributed by atoms with Crippen molar-refractivity contribution < 1.29 is 0 Å². The van der Waals surface area contributed by atoms with Gasteiger partial charge in [0, 0.05) is 12.4 Å². The Kier molecular flexibility index (Phi) is 1.23. The van der Waals surface area contributed by atoms with Crippen LogP contribution < -0.4 is 0 Å². The SMILES string of the molecule is c1c[nH]c(C2CCS2)n1. The Balaban J connectivity index is 2.14. The van der Waals surface area contributed by atoms with Gasteiger partial charge < -0.3 is 4.98 Å². The van der Waals surface area contributed by atoms with Crippen molar-refractivity contribution in [1.29, 1.82) is 0 Å². The highest BCUT2D eigenvalue weighted by Crippen LogP contribution is 2.40. The first-order valence-corrected chi connectivity index (χ1v) is 4.12. The van der Waals surface area contributed by atoms with Gasteiger partial charge in [-0.2, -0.15) is 11.8 Å². The highest BCUT2D eigenvalue weighted by Gasteiger charge is 2.21. The van der Waals surface area contributed by atoms with Gasteiger partial charge in [0.05, 0.1) is 5.25 Å². The fourth-order valence-electron chi connectivity index (χ4n) is 0.905. The summed E-state index contributed by atoms with van der Waals surface area (Å²) in [6, 6.07) is 0. The molecule has 0 radical (unpaired) electrons. The molecule has 1 aliphatic rings. The average molecular weight is 140 g/mol. The smallest absolute Gasteiger partial charge is 0.119 e. The van der Waals surface area contributed by atoms with E-state index in [0.29, 0.717) is 5.25 Å². The number of aromatic nitrogens is 2. The van der Waals surface area contributed by atoms with Crippen molar-refractivity contribution in [3.05, 3.63) is 18.2 Å². The lowest BCUT2D eigenvalue weighted by atomic mass is 10.3. The van der Waals surface area contributed by atoms with E-state index in [4.69, 9.17) is 0 Å². The van der Waals surface area contributed by atoms with Gasteiger partial charge in [-0.1, -0.05) is 0 Å². The van der Waals surface area contributed by atoms with Crippen LogP contribution in [-0.4, -0.2) is 15.7 Å². The zero-order valence-corrected chi connectivity index (χ0v) is 5.82. The number of nitrogens with one attached hydrogen (secondary N) is 1. The van der Waals surface area contributed by atoms with E-state index in [-0.39, 0.29) is 0 Å². The standard InChI is InChI=1S/C6H8N2S/c1-4-9-5(1)6-7-2-3-8-6/h2-3,5H,1,4H2,(H,7,8). The van der Waals surface area contributed by atoms with Gasteiger partial charge >= 0.3 is 0 Å². The van der Waals surface area contributed by atoms with Crippen LogP contribution in [0.4, 0.5) is 0 Å². The van der Waals surface area contributed by atoms with Gasteiger partial charge in [-0.3, -0.25) is 0 Å². The molecule has 0 saturated carbocycles. The third-order valence-corrected chi connectivity index (χ3v) is 2.86. The predicted molar refractivity (Wildman–Crippen MR) is 38.4 cm³/mol. The minimum Gasteiger partial charge on any atom is -0.348 e. The van der Waals surface area contributed by atoms with Gasteiger partial charge in [0.2, 0.25) is 0 Å². The van der Waals surface area contributed by atoms with E-state index in [1.807, 2.05) is 24.2 Å². The van der Waals surface area contributed by atoms with Crippen LogP contribution in [0.1, 0.15) is 17.5 Å². The number of nitrogens with zero attached hydrogens (tertiary/aromatic N) is 1. The fourth-order valence-corrected chi connectivity index (χ4v) is 1.66. The van der Waals surface area contributed by atoms with E-state index in [1.165, 1.54) is 12.2 Å². The van der Waals surface area contributed by atoms with Gasteiger partial charge in [-0.05, 0) is 12.2 Å². The summed E-state index contributed by atoms with van der Waals surface area (Å²) in [7, 11) is 0. The molecule has 1 unspecified atom stereocenters. The van der Waals surface area contributed by atoms with Crippen LogP contribution >= 0.6 is 11.8 Å². The van der Waals surface area contributed by atoms with Crippen molar-refractivity contribution in [3.63, 3.8) is 0 Å². The van der Waals surface area contributed by atoms with Gasteiger partial charge in [0.25, 0.3) is 0 Å². The minimum atomic E-state index is 0.667. The monoisotopic (exact) mass is 140 g/mol. The first-order chi connectivity index (χ1) is 4.47. The van der Waals surface area contributed by atoms with Gasteiger partial charge in [-0.25, -0.2) is 4.98 Å². The zero-order valence-electron chi connectivity index (χ0n) is 5.00. The van der Waals surface area contributed by atoms with Crippen molar-refractivity contribution in [2.45, 2.75) is 11.7 Å². The fraction of sp³-hybridized carbons (Fsp3) is 0.500. The van der Waals surface area contributed by atoms with Gasteiger partial charge in [0.15, 0.2) is 0 Å². The molecule has 1 aliphatic heterocycles. The van der Waals surface area contributed by atoms with Crippen molar-refractivity contribution in [2.24, 2.45) is 0 Å². The van der Waals surface area contributed by atoms with Crippen LogP contribution in [0.25, 0.3) is 0 Å². The Morgan fingerprint density at radius 3 is 3.11 bits per heavy atom. The lowest BCUT2D eigenvalue weighted by Crippen LogP contribution is -2.07. The molecule has 1 fully saturated rings. The summed E-state index contributed by atoms with van der Waals surface area (Å²) in [5.41, 5.74) is 0.